The van der Waals surface area contributed by atoms with E-state index in [1.807, 2.05) is 24.3 Å². The van der Waals surface area contributed by atoms with E-state index in [1.165, 1.54) is 11.8 Å². The number of hydrazine groups is 1. The SMILES string of the molecule is NNC(CCC(F)(F)F)CSc1ccc(Br)cc1. The second-order valence-corrected chi connectivity index (χ2v) is 5.79. The van der Waals surface area contributed by atoms with Gasteiger partial charge in [-0.05, 0) is 30.7 Å². The first-order chi connectivity index (χ1) is 8.40. The van der Waals surface area contributed by atoms with E-state index in [0.29, 0.717) is 5.75 Å². The molecular weight excluding hydrogens is 329 g/mol. The molecular formula is C11H14BrF3N2S. The van der Waals surface area contributed by atoms with Crippen LogP contribution >= 0.6 is 27.7 Å². The van der Waals surface area contributed by atoms with Crippen molar-refractivity contribution in [3.8, 4) is 0 Å². The lowest BCUT2D eigenvalue weighted by Crippen LogP contribution is -2.37. The van der Waals surface area contributed by atoms with Crippen molar-refractivity contribution < 1.29 is 13.2 Å². The molecule has 0 fully saturated rings. The summed E-state index contributed by atoms with van der Waals surface area (Å²) in [5, 5.41) is 0. The molecule has 0 heterocycles. The van der Waals surface area contributed by atoms with Crippen molar-refractivity contribution in [2.75, 3.05) is 5.75 Å². The fourth-order valence-corrected chi connectivity index (χ4v) is 2.53. The van der Waals surface area contributed by atoms with Gasteiger partial charge in [-0.25, -0.2) is 0 Å². The van der Waals surface area contributed by atoms with Crippen LogP contribution in [-0.4, -0.2) is 18.0 Å². The molecule has 0 aliphatic carbocycles. The maximum Gasteiger partial charge on any atom is 0.389 e. The molecule has 102 valence electrons. The van der Waals surface area contributed by atoms with Crippen LogP contribution in [0.3, 0.4) is 0 Å². The van der Waals surface area contributed by atoms with E-state index in [0.717, 1.165) is 9.37 Å². The highest BCUT2D eigenvalue weighted by Gasteiger charge is 2.28. The number of alkyl halides is 3. The minimum atomic E-state index is -4.13. The Morgan fingerprint density at radius 3 is 2.39 bits per heavy atom. The lowest BCUT2D eigenvalue weighted by Gasteiger charge is -2.16. The molecule has 0 radical (unpaired) electrons. The summed E-state index contributed by atoms with van der Waals surface area (Å²) in [6.45, 7) is 0. The minimum absolute atomic E-state index is 0.0104. The van der Waals surface area contributed by atoms with Crippen LogP contribution in [0.1, 0.15) is 12.8 Å². The molecule has 0 aromatic heterocycles. The van der Waals surface area contributed by atoms with Crippen molar-refractivity contribution in [3.63, 3.8) is 0 Å². The van der Waals surface area contributed by atoms with Crippen LogP contribution in [0, 0.1) is 0 Å². The van der Waals surface area contributed by atoms with E-state index >= 15 is 0 Å². The Hall–Kier alpha value is -0.240. The number of rotatable bonds is 6. The predicted octanol–water partition coefficient (Wildman–Crippen LogP) is 3.72. The zero-order chi connectivity index (χ0) is 13.6. The molecule has 0 aliphatic rings. The van der Waals surface area contributed by atoms with Crippen LogP contribution < -0.4 is 11.3 Å². The second kappa shape index (κ2) is 7.37. The van der Waals surface area contributed by atoms with E-state index in [-0.39, 0.29) is 12.5 Å². The Morgan fingerprint density at radius 2 is 1.89 bits per heavy atom. The van der Waals surface area contributed by atoms with E-state index in [9.17, 15) is 13.2 Å². The van der Waals surface area contributed by atoms with Gasteiger partial charge < -0.3 is 0 Å². The van der Waals surface area contributed by atoms with Crippen LogP contribution in [0.15, 0.2) is 33.6 Å². The maximum absolute atomic E-state index is 12.1. The van der Waals surface area contributed by atoms with Crippen LogP contribution in [0.4, 0.5) is 13.2 Å². The standard InChI is InChI=1S/C11H14BrF3N2S/c12-8-1-3-10(4-2-8)18-7-9(17-16)5-6-11(13,14)15/h1-4,9,17H,5-7,16H2. The fraction of sp³-hybridized carbons (Fsp3) is 0.455. The molecule has 1 atom stereocenters. The van der Waals surface area contributed by atoms with E-state index in [1.54, 1.807) is 0 Å². The number of hydrogen-bond acceptors (Lipinski definition) is 3. The summed E-state index contributed by atoms with van der Waals surface area (Å²) in [6.07, 6.45) is -4.95. The van der Waals surface area contributed by atoms with Gasteiger partial charge in [0.05, 0.1) is 0 Å². The van der Waals surface area contributed by atoms with Crippen LogP contribution in [0.2, 0.25) is 0 Å². The molecule has 0 amide bonds. The molecule has 1 aromatic rings. The van der Waals surface area contributed by atoms with Gasteiger partial charge in [-0.1, -0.05) is 15.9 Å². The number of benzene rings is 1. The number of nitrogens with two attached hydrogens (primary N) is 1. The van der Waals surface area contributed by atoms with Crippen molar-refractivity contribution in [1.29, 1.82) is 0 Å². The van der Waals surface area contributed by atoms with Crippen LogP contribution in [0.5, 0.6) is 0 Å². The first-order valence-electron chi connectivity index (χ1n) is 5.32. The number of halogens is 4. The van der Waals surface area contributed by atoms with Crippen molar-refractivity contribution in [3.05, 3.63) is 28.7 Å². The highest BCUT2D eigenvalue weighted by Crippen LogP contribution is 2.25. The first kappa shape index (κ1) is 15.8. The van der Waals surface area contributed by atoms with E-state index in [4.69, 9.17) is 5.84 Å². The van der Waals surface area contributed by atoms with Crippen molar-refractivity contribution in [1.82, 2.24) is 5.43 Å². The fourth-order valence-electron chi connectivity index (χ4n) is 1.28. The molecule has 7 heteroatoms. The number of thioether (sulfide) groups is 1. The third kappa shape index (κ3) is 6.63. The summed E-state index contributed by atoms with van der Waals surface area (Å²) in [4.78, 5) is 1.01. The summed E-state index contributed by atoms with van der Waals surface area (Å²) in [5.74, 6) is 5.76. The number of hydrogen-bond donors (Lipinski definition) is 2. The van der Waals surface area contributed by atoms with Crippen molar-refractivity contribution in [2.24, 2.45) is 5.84 Å². The van der Waals surface area contributed by atoms with Gasteiger partial charge in [-0.2, -0.15) is 13.2 Å². The van der Waals surface area contributed by atoms with Crippen LogP contribution in [-0.2, 0) is 0 Å². The molecule has 18 heavy (non-hydrogen) atoms. The summed E-state index contributed by atoms with van der Waals surface area (Å²) in [6, 6.07) is 7.25. The topological polar surface area (TPSA) is 38.0 Å². The molecule has 1 unspecified atom stereocenters. The van der Waals surface area contributed by atoms with Crippen LogP contribution in [0.25, 0.3) is 0 Å². The highest BCUT2D eigenvalue weighted by molar-refractivity contribution is 9.10. The minimum Gasteiger partial charge on any atom is -0.271 e. The Kier molecular flexibility index (Phi) is 6.48. The molecule has 1 rings (SSSR count). The second-order valence-electron chi connectivity index (χ2n) is 3.78. The molecule has 0 bridgehead atoms. The van der Waals surface area contributed by atoms with Gasteiger partial charge in [-0.3, -0.25) is 11.3 Å². The average molecular weight is 343 g/mol. The molecule has 0 aliphatic heterocycles. The predicted molar refractivity (Wildman–Crippen MR) is 71.3 cm³/mol. The summed E-state index contributed by atoms with van der Waals surface area (Å²) >= 11 is 4.80. The Labute approximate surface area is 117 Å². The highest BCUT2D eigenvalue weighted by atomic mass is 79.9. The molecule has 3 N–H and O–H groups in total. The number of nitrogens with one attached hydrogen (secondary N) is 1. The van der Waals surface area contributed by atoms with Gasteiger partial charge in [-0.15, -0.1) is 11.8 Å². The zero-order valence-corrected chi connectivity index (χ0v) is 11.9. The summed E-state index contributed by atoms with van der Waals surface area (Å²) in [5.41, 5.74) is 2.43. The Balaban J connectivity index is 2.37. The van der Waals surface area contributed by atoms with Gasteiger partial charge in [0.25, 0.3) is 0 Å². The summed E-state index contributed by atoms with van der Waals surface area (Å²) in [7, 11) is 0. The zero-order valence-electron chi connectivity index (χ0n) is 9.51. The van der Waals surface area contributed by atoms with Gasteiger partial charge in [0, 0.05) is 27.6 Å². The molecule has 0 saturated heterocycles. The smallest absolute Gasteiger partial charge is 0.271 e. The molecule has 0 saturated carbocycles. The van der Waals surface area contributed by atoms with Gasteiger partial charge in [0.15, 0.2) is 0 Å². The Morgan fingerprint density at radius 1 is 1.28 bits per heavy atom. The molecule has 2 nitrogen and oxygen atoms in total. The third-order valence-electron chi connectivity index (χ3n) is 2.28. The van der Waals surface area contributed by atoms with E-state index in [2.05, 4.69) is 21.4 Å². The normalized spacial score (nSPS) is 13.6. The molecule has 0 spiro atoms. The quantitative estimate of drug-likeness (QED) is 0.470. The largest absolute Gasteiger partial charge is 0.389 e. The molecule has 1 aromatic carbocycles. The lowest BCUT2D eigenvalue weighted by molar-refractivity contribution is -0.136. The van der Waals surface area contributed by atoms with Gasteiger partial charge in [0.2, 0.25) is 0 Å². The monoisotopic (exact) mass is 342 g/mol. The maximum atomic E-state index is 12.1. The lowest BCUT2D eigenvalue weighted by atomic mass is 10.2. The van der Waals surface area contributed by atoms with Crippen molar-refractivity contribution in [2.45, 2.75) is 30.0 Å². The third-order valence-corrected chi connectivity index (χ3v) is 3.98. The van der Waals surface area contributed by atoms with Crippen molar-refractivity contribution >= 4 is 27.7 Å². The van der Waals surface area contributed by atoms with E-state index < -0.39 is 12.6 Å². The Bertz CT molecular complexity index is 356. The summed E-state index contributed by atoms with van der Waals surface area (Å²) < 4.78 is 37.2. The average Bonchev–Trinajstić information content (AvgIpc) is 2.30. The van der Waals surface area contributed by atoms with Gasteiger partial charge >= 0.3 is 6.18 Å². The van der Waals surface area contributed by atoms with Gasteiger partial charge in [0.1, 0.15) is 0 Å². The first-order valence-corrected chi connectivity index (χ1v) is 7.10.